The Bertz CT molecular complexity index is 589. The van der Waals surface area contributed by atoms with Crippen molar-refractivity contribution in [2.75, 3.05) is 0 Å². The van der Waals surface area contributed by atoms with Crippen LogP contribution in [0.2, 0.25) is 5.02 Å². The van der Waals surface area contributed by atoms with E-state index in [2.05, 4.69) is 31.9 Å². The highest BCUT2D eigenvalue weighted by molar-refractivity contribution is 9.10. The van der Waals surface area contributed by atoms with Crippen LogP contribution in [0.5, 0.6) is 0 Å². The lowest BCUT2D eigenvalue weighted by Crippen LogP contribution is -2.12. The largest absolute Gasteiger partial charge is 0.320 e. The summed E-state index contributed by atoms with van der Waals surface area (Å²) in [6.45, 7) is 0. The zero-order chi connectivity index (χ0) is 13.3. The Kier molecular flexibility index (Phi) is 4.43. The molecule has 1 atom stereocenters. The normalized spacial score (nSPS) is 12.5. The molecular weight excluding hydrogens is 384 g/mol. The molecule has 0 bridgehead atoms. The maximum absolute atomic E-state index is 13.2. The minimum atomic E-state index is -0.396. The van der Waals surface area contributed by atoms with Gasteiger partial charge in [-0.1, -0.05) is 33.6 Å². The van der Waals surface area contributed by atoms with Gasteiger partial charge < -0.3 is 5.73 Å². The van der Waals surface area contributed by atoms with Gasteiger partial charge in [-0.3, -0.25) is 0 Å². The SMILES string of the molecule is NC(c1ccc(F)c(Br)c1)c1cc(Br)ccc1Cl. The molecule has 0 radical (unpaired) electrons. The van der Waals surface area contributed by atoms with Crippen LogP contribution in [0.25, 0.3) is 0 Å². The molecule has 2 rings (SSSR count). The summed E-state index contributed by atoms with van der Waals surface area (Å²) in [7, 11) is 0. The molecule has 0 fully saturated rings. The maximum atomic E-state index is 13.2. The van der Waals surface area contributed by atoms with Crippen molar-refractivity contribution in [1.82, 2.24) is 0 Å². The smallest absolute Gasteiger partial charge is 0.137 e. The molecule has 0 aromatic heterocycles. The van der Waals surface area contributed by atoms with E-state index < -0.39 is 6.04 Å². The molecule has 1 unspecified atom stereocenters. The molecule has 5 heteroatoms. The van der Waals surface area contributed by atoms with Crippen molar-refractivity contribution in [2.24, 2.45) is 5.73 Å². The molecule has 1 nitrogen and oxygen atoms in total. The number of hydrogen-bond donors (Lipinski definition) is 1. The Morgan fingerprint density at radius 3 is 2.50 bits per heavy atom. The molecule has 94 valence electrons. The second-order valence-corrected chi connectivity index (χ2v) is 5.99. The molecule has 18 heavy (non-hydrogen) atoms. The summed E-state index contributed by atoms with van der Waals surface area (Å²) in [4.78, 5) is 0. The molecule has 0 aliphatic rings. The van der Waals surface area contributed by atoms with Crippen molar-refractivity contribution in [3.63, 3.8) is 0 Å². The van der Waals surface area contributed by atoms with Crippen molar-refractivity contribution in [3.8, 4) is 0 Å². The highest BCUT2D eigenvalue weighted by Gasteiger charge is 2.14. The quantitative estimate of drug-likeness (QED) is 0.759. The van der Waals surface area contributed by atoms with Gasteiger partial charge in [-0.05, 0) is 57.4 Å². The van der Waals surface area contributed by atoms with Gasteiger partial charge in [0, 0.05) is 9.50 Å². The fraction of sp³-hybridized carbons (Fsp3) is 0.0769. The number of benzene rings is 2. The van der Waals surface area contributed by atoms with Crippen molar-refractivity contribution >= 4 is 43.5 Å². The summed E-state index contributed by atoms with van der Waals surface area (Å²) in [5.74, 6) is -0.314. The highest BCUT2D eigenvalue weighted by Crippen LogP contribution is 2.30. The average molecular weight is 393 g/mol. The Morgan fingerprint density at radius 2 is 1.83 bits per heavy atom. The topological polar surface area (TPSA) is 26.0 Å². The fourth-order valence-electron chi connectivity index (χ4n) is 1.64. The van der Waals surface area contributed by atoms with E-state index in [0.717, 1.165) is 15.6 Å². The molecule has 2 N–H and O–H groups in total. The van der Waals surface area contributed by atoms with Crippen molar-refractivity contribution in [2.45, 2.75) is 6.04 Å². The zero-order valence-electron chi connectivity index (χ0n) is 9.13. The van der Waals surface area contributed by atoms with Crippen molar-refractivity contribution in [3.05, 3.63) is 67.3 Å². The monoisotopic (exact) mass is 391 g/mol. The summed E-state index contributed by atoms with van der Waals surface area (Å²) >= 11 is 12.7. The molecule has 0 heterocycles. The van der Waals surface area contributed by atoms with Crippen LogP contribution in [-0.2, 0) is 0 Å². The number of hydrogen-bond acceptors (Lipinski definition) is 1. The molecule has 0 amide bonds. The van der Waals surface area contributed by atoms with Crippen LogP contribution in [0, 0.1) is 5.82 Å². The third-order valence-corrected chi connectivity index (χ3v) is 4.04. The van der Waals surface area contributed by atoms with Crippen LogP contribution in [0.15, 0.2) is 45.3 Å². The van der Waals surface area contributed by atoms with Gasteiger partial charge in [-0.25, -0.2) is 4.39 Å². The Morgan fingerprint density at radius 1 is 1.11 bits per heavy atom. The summed E-state index contributed by atoms with van der Waals surface area (Å²) < 4.78 is 14.5. The summed E-state index contributed by atoms with van der Waals surface area (Å²) in [5.41, 5.74) is 7.75. The predicted molar refractivity (Wildman–Crippen MR) is 79.3 cm³/mol. The number of nitrogens with two attached hydrogens (primary N) is 1. The first-order valence-electron chi connectivity index (χ1n) is 5.14. The third kappa shape index (κ3) is 2.94. The molecule has 2 aromatic carbocycles. The highest BCUT2D eigenvalue weighted by atomic mass is 79.9. The van der Waals surface area contributed by atoms with Gasteiger partial charge in [0.1, 0.15) is 5.82 Å². The number of halogens is 4. The van der Waals surface area contributed by atoms with Gasteiger partial charge in [-0.2, -0.15) is 0 Å². The maximum Gasteiger partial charge on any atom is 0.137 e. The third-order valence-electron chi connectivity index (χ3n) is 2.60. The Labute approximate surface area is 126 Å². The molecule has 0 aliphatic carbocycles. The van der Waals surface area contributed by atoms with Crippen LogP contribution < -0.4 is 5.73 Å². The first kappa shape index (κ1) is 14.0. The van der Waals surface area contributed by atoms with Crippen LogP contribution in [0.3, 0.4) is 0 Å². The standard InChI is InChI=1S/C13H9Br2ClFN/c14-8-2-3-11(16)9(6-8)13(18)7-1-4-12(17)10(15)5-7/h1-6,13H,18H2. The lowest BCUT2D eigenvalue weighted by molar-refractivity contribution is 0.619. The second-order valence-electron chi connectivity index (χ2n) is 3.82. The van der Waals surface area contributed by atoms with E-state index in [1.54, 1.807) is 18.2 Å². The van der Waals surface area contributed by atoms with Gasteiger partial charge >= 0.3 is 0 Å². The van der Waals surface area contributed by atoms with Crippen LogP contribution in [-0.4, -0.2) is 0 Å². The van der Waals surface area contributed by atoms with Crippen molar-refractivity contribution < 1.29 is 4.39 Å². The minimum Gasteiger partial charge on any atom is -0.320 e. The van der Waals surface area contributed by atoms with Crippen molar-refractivity contribution in [1.29, 1.82) is 0 Å². The van der Waals surface area contributed by atoms with E-state index in [1.807, 2.05) is 12.1 Å². The summed E-state index contributed by atoms with van der Waals surface area (Å²) in [6.07, 6.45) is 0. The van der Waals surface area contributed by atoms with Crippen LogP contribution in [0.4, 0.5) is 4.39 Å². The fourth-order valence-corrected chi connectivity index (χ4v) is 2.65. The Hall–Kier alpha value is -0.420. The summed E-state index contributed by atoms with van der Waals surface area (Å²) in [6, 6.07) is 9.79. The van der Waals surface area contributed by atoms with Gasteiger partial charge in [0.15, 0.2) is 0 Å². The van der Waals surface area contributed by atoms with Crippen LogP contribution in [0.1, 0.15) is 17.2 Å². The minimum absolute atomic E-state index is 0.314. The summed E-state index contributed by atoms with van der Waals surface area (Å²) in [5, 5.41) is 0.589. The first-order chi connectivity index (χ1) is 8.49. The lowest BCUT2D eigenvalue weighted by atomic mass is 10.00. The molecule has 2 aromatic rings. The molecule has 0 saturated heterocycles. The first-order valence-corrected chi connectivity index (χ1v) is 7.11. The second kappa shape index (κ2) is 5.70. The van der Waals surface area contributed by atoms with E-state index in [4.69, 9.17) is 17.3 Å². The van der Waals surface area contributed by atoms with Gasteiger partial charge in [-0.15, -0.1) is 0 Å². The molecule has 0 saturated carbocycles. The predicted octanol–water partition coefficient (Wildman–Crippen LogP) is 5.05. The number of rotatable bonds is 2. The Balaban J connectivity index is 2.44. The van der Waals surface area contributed by atoms with E-state index >= 15 is 0 Å². The van der Waals surface area contributed by atoms with Gasteiger partial charge in [0.05, 0.1) is 10.5 Å². The molecule has 0 spiro atoms. The lowest BCUT2D eigenvalue weighted by Gasteiger charge is -2.15. The zero-order valence-corrected chi connectivity index (χ0v) is 13.1. The van der Waals surface area contributed by atoms with E-state index in [9.17, 15) is 4.39 Å². The molecular formula is C13H9Br2ClFN. The van der Waals surface area contributed by atoms with Crippen LogP contribution >= 0.6 is 43.5 Å². The van der Waals surface area contributed by atoms with E-state index in [1.165, 1.54) is 6.07 Å². The van der Waals surface area contributed by atoms with E-state index in [0.29, 0.717) is 9.50 Å². The van der Waals surface area contributed by atoms with E-state index in [-0.39, 0.29) is 5.82 Å². The van der Waals surface area contributed by atoms with Gasteiger partial charge in [0.2, 0.25) is 0 Å². The molecule has 0 aliphatic heterocycles. The van der Waals surface area contributed by atoms with Gasteiger partial charge in [0.25, 0.3) is 0 Å². The average Bonchev–Trinajstić information content (AvgIpc) is 2.35.